The summed E-state index contributed by atoms with van der Waals surface area (Å²) in [5.41, 5.74) is 0. The molecule has 7 nitrogen and oxygen atoms in total. The number of carbonyl (C=O) groups excluding carboxylic acids is 2. The van der Waals surface area contributed by atoms with E-state index in [0.717, 1.165) is 28.9 Å². The molecule has 0 aromatic carbocycles. The molecule has 1 aromatic rings. The van der Waals surface area contributed by atoms with E-state index in [0.29, 0.717) is 37.8 Å². The highest BCUT2D eigenvalue weighted by atomic mass is 32.2. The molecule has 1 N–H and O–H groups in total. The number of carbonyl (C=O) groups is 2. The molecule has 138 valence electrons. The first-order valence-electron chi connectivity index (χ1n) is 8.79. The van der Waals surface area contributed by atoms with E-state index in [-0.39, 0.29) is 17.7 Å². The predicted molar refractivity (Wildman–Crippen MR) is 99.8 cm³/mol. The molecular formula is C16H25N5O2S2. The van der Waals surface area contributed by atoms with Crippen molar-refractivity contribution in [3.63, 3.8) is 0 Å². The molecule has 3 rings (SSSR count). The van der Waals surface area contributed by atoms with E-state index >= 15 is 0 Å². The first kappa shape index (κ1) is 18.4. The molecule has 2 fully saturated rings. The topological polar surface area (TPSA) is 78.4 Å². The van der Waals surface area contributed by atoms with Gasteiger partial charge in [-0.25, -0.2) is 0 Å². The highest BCUT2D eigenvalue weighted by Crippen LogP contribution is 2.31. The summed E-state index contributed by atoms with van der Waals surface area (Å²) in [6, 6.07) is 0. The normalized spacial score (nSPS) is 17.9. The number of nitrogens with zero attached hydrogens (tertiary/aromatic N) is 4. The van der Waals surface area contributed by atoms with Crippen LogP contribution in [-0.2, 0) is 9.59 Å². The standard InChI is InChI=1S/C16H25N5O2S2/c1-11(2)9-17-15-18-19-16(25-15)24-10-13(22)20-5-7-21(8-6-20)14(23)12-3-4-12/h11-12H,3-10H2,1-2H3,(H,17,18). The second-order valence-corrected chi connectivity index (χ2v) is 9.12. The first-order valence-corrected chi connectivity index (χ1v) is 10.6. The third kappa shape index (κ3) is 5.31. The smallest absolute Gasteiger partial charge is 0.233 e. The van der Waals surface area contributed by atoms with Gasteiger partial charge in [-0.05, 0) is 18.8 Å². The maximum Gasteiger partial charge on any atom is 0.233 e. The Labute approximate surface area is 156 Å². The number of hydrogen-bond acceptors (Lipinski definition) is 7. The van der Waals surface area contributed by atoms with Gasteiger partial charge in [-0.2, -0.15) is 0 Å². The van der Waals surface area contributed by atoms with E-state index in [4.69, 9.17) is 0 Å². The molecule has 2 amide bonds. The van der Waals surface area contributed by atoms with Gasteiger partial charge in [0.25, 0.3) is 0 Å². The summed E-state index contributed by atoms with van der Waals surface area (Å²) in [6.45, 7) is 7.73. The van der Waals surface area contributed by atoms with Crippen LogP contribution in [-0.4, -0.2) is 70.3 Å². The van der Waals surface area contributed by atoms with Crippen LogP contribution in [0.4, 0.5) is 5.13 Å². The largest absolute Gasteiger partial charge is 0.360 e. The van der Waals surface area contributed by atoms with Crippen LogP contribution in [0.5, 0.6) is 0 Å². The molecule has 0 atom stereocenters. The minimum atomic E-state index is 0.107. The third-order valence-corrected chi connectivity index (χ3v) is 6.26. The van der Waals surface area contributed by atoms with Crippen molar-refractivity contribution in [3.05, 3.63) is 0 Å². The molecule has 0 radical (unpaired) electrons. The fourth-order valence-corrected chi connectivity index (χ4v) is 4.27. The summed E-state index contributed by atoms with van der Waals surface area (Å²) in [5, 5.41) is 12.3. The Morgan fingerprint density at radius 2 is 1.88 bits per heavy atom. The molecule has 1 saturated heterocycles. The monoisotopic (exact) mass is 383 g/mol. The average Bonchev–Trinajstić information content (AvgIpc) is 3.36. The molecule has 2 heterocycles. The van der Waals surface area contributed by atoms with Crippen LogP contribution < -0.4 is 5.32 Å². The lowest BCUT2D eigenvalue weighted by molar-refractivity contribution is -0.139. The van der Waals surface area contributed by atoms with Gasteiger partial charge >= 0.3 is 0 Å². The highest BCUT2D eigenvalue weighted by molar-refractivity contribution is 8.01. The van der Waals surface area contributed by atoms with Gasteiger partial charge in [-0.3, -0.25) is 9.59 Å². The van der Waals surface area contributed by atoms with E-state index in [9.17, 15) is 9.59 Å². The van der Waals surface area contributed by atoms with Gasteiger partial charge in [-0.1, -0.05) is 36.9 Å². The van der Waals surface area contributed by atoms with E-state index in [1.165, 1.54) is 23.1 Å². The number of anilines is 1. The van der Waals surface area contributed by atoms with Gasteiger partial charge in [0.1, 0.15) is 0 Å². The zero-order valence-electron chi connectivity index (χ0n) is 14.7. The second-order valence-electron chi connectivity index (χ2n) is 6.92. The van der Waals surface area contributed by atoms with Crippen molar-refractivity contribution in [2.75, 3.05) is 43.8 Å². The Morgan fingerprint density at radius 1 is 1.20 bits per heavy atom. The Bertz CT molecular complexity index is 609. The first-order chi connectivity index (χ1) is 12.0. The lowest BCUT2D eigenvalue weighted by Gasteiger charge is -2.34. The van der Waals surface area contributed by atoms with E-state index in [1.807, 2.05) is 9.80 Å². The van der Waals surface area contributed by atoms with Crippen molar-refractivity contribution in [1.29, 1.82) is 0 Å². The zero-order chi connectivity index (χ0) is 17.8. The molecule has 25 heavy (non-hydrogen) atoms. The zero-order valence-corrected chi connectivity index (χ0v) is 16.4. The summed E-state index contributed by atoms with van der Waals surface area (Å²) < 4.78 is 0.808. The molecule has 1 aromatic heterocycles. The molecule has 0 unspecified atom stereocenters. The van der Waals surface area contributed by atoms with Gasteiger partial charge < -0.3 is 15.1 Å². The molecule has 1 aliphatic heterocycles. The van der Waals surface area contributed by atoms with Gasteiger partial charge in [0.2, 0.25) is 16.9 Å². The summed E-state index contributed by atoms with van der Waals surface area (Å²) in [6.07, 6.45) is 2.06. The maximum absolute atomic E-state index is 12.4. The summed E-state index contributed by atoms with van der Waals surface area (Å²) >= 11 is 2.92. The number of amides is 2. The lowest BCUT2D eigenvalue weighted by Crippen LogP contribution is -2.51. The molecule has 0 bridgehead atoms. The van der Waals surface area contributed by atoms with Crippen molar-refractivity contribution in [2.45, 2.75) is 31.0 Å². The van der Waals surface area contributed by atoms with Gasteiger partial charge in [0.15, 0.2) is 4.34 Å². The molecule has 1 saturated carbocycles. The van der Waals surface area contributed by atoms with Gasteiger partial charge in [-0.15, -0.1) is 10.2 Å². The minimum absolute atomic E-state index is 0.107. The number of aromatic nitrogens is 2. The number of piperazine rings is 1. The average molecular weight is 384 g/mol. The van der Waals surface area contributed by atoms with Crippen LogP contribution in [0.2, 0.25) is 0 Å². The second kappa shape index (κ2) is 8.35. The van der Waals surface area contributed by atoms with Crippen molar-refractivity contribution < 1.29 is 9.59 Å². The van der Waals surface area contributed by atoms with Gasteiger partial charge in [0, 0.05) is 38.6 Å². The minimum Gasteiger partial charge on any atom is -0.360 e. The lowest BCUT2D eigenvalue weighted by atomic mass is 10.2. The molecule has 2 aliphatic rings. The van der Waals surface area contributed by atoms with Crippen LogP contribution in [0.15, 0.2) is 4.34 Å². The highest BCUT2D eigenvalue weighted by Gasteiger charge is 2.35. The van der Waals surface area contributed by atoms with E-state index < -0.39 is 0 Å². The fourth-order valence-electron chi connectivity index (χ4n) is 2.61. The SMILES string of the molecule is CC(C)CNc1nnc(SCC(=O)N2CCN(C(=O)C3CC3)CC2)s1. The third-order valence-electron chi connectivity index (χ3n) is 4.26. The van der Waals surface area contributed by atoms with Gasteiger partial charge in [0.05, 0.1) is 5.75 Å². The van der Waals surface area contributed by atoms with Crippen molar-refractivity contribution in [2.24, 2.45) is 11.8 Å². The Kier molecular flexibility index (Phi) is 6.16. The van der Waals surface area contributed by atoms with Crippen LogP contribution in [0, 0.1) is 11.8 Å². The Hall–Kier alpha value is -1.35. The number of rotatable bonds is 7. The van der Waals surface area contributed by atoms with Crippen LogP contribution in [0.1, 0.15) is 26.7 Å². The van der Waals surface area contributed by atoms with Crippen molar-refractivity contribution in [1.82, 2.24) is 20.0 Å². The van der Waals surface area contributed by atoms with E-state index in [2.05, 4.69) is 29.4 Å². The quantitative estimate of drug-likeness (QED) is 0.723. The van der Waals surface area contributed by atoms with E-state index in [1.54, 1.807) is 0 Å². The fraction of sp³-hybridized carbons (Fsp3) is 0.750. The molecule has 9 heteroatoms. The Morgan fingerprint density at radius 3 is 2.52 bits per heavy atom. The molecule has 1 aliphatic carbocycles. The maximum atomic E-state index is 12.4. The number of thioether (sulfide) groups is 1. The molecular weight excluding hydrogens is 358 g/mol. The summed E-state index contributed by atoms with van der Waals surface area (Å²) in [4.78, 5) is 28.2. The summed E-state index contributed by atoms with van der Waals surface area (Å²) in [5.74, 6) is 1.56. The van der Waals surface area contributed by atoms with Crippen molar-refractivity contribution >= 4 is 40.0 Å². The number of nitrogens with one attached hydrogen (secondary N) is 1. The van der Waals surface area contributed by atoms with Crippen LogP contribution in [0.25, 0.3) is 0 Å². The van der Waals surface area contributed by atoms with Crippen LogP contribution in [0.3, 0.4) is 0 Å². The Balaban J connectivity index is 1.38. The predicted octanol–water partition coefficient (Wildman–Crippen LogP) is 1.78. The van der Waals surface area contributed by atoms with Crippen LogP contribution >= 0.6 is 23.1 Å². The summed E-state index contributed by atoms with van der Waals surface area (Å²) in [7, 11) is 0. The molecule has 0 spiro atoms. The van der Waals surface area contributed by atoms with Crippen molar-refractivity contribution in [3.8, 4) is 0 Å². The number of hydrogen-bond donors (Lipinski definition) is 1.